The minimum Gasteiger partial charge on any atom is -0.383 e. The Labute approximate surface area is 120 Å². The molecule has 0 unspecified atom stereocenters. The standard InChI is InChI=1S/C13H11Cl2N3O/c14-8-3-7(4-9(15)5-8)13-17-11-1-2-19-6-10(11)12(16)18-13/h3-5H,1-2,6H2,(H2,16,17,18). The van der Waals surface area contributed by atoms with Crippen LogP contribution in [0.2, 0.25) is 10.0 Å². The van der Waals surface area contributed by atoms with Gasteiger partial charge in [-0.3, -0.25) is 0 Å². The maximum absolute atomic E-state index is 5.99. The van der Waals surface area contributed by atoms with Gasteiger partial charge in [0.1, 0.15) is 5.82 Å². The van der Waals surface area contributed by atoms with Crippen molar-refractivity contribution in [2.75, 3.05) is 12.3 Å². The fraction of sp³-hybridized carbons (Fsp3) is 0.231. The molecule has 1 aliphatic heterocycles. The second-order valence-corrected chi connectivity index (χ2v) is 5.19. The van der Waals surface area contributed by atoms with Gasteiger partial charge in [-0.1, -0.05) is 23.2 Å². The molecule has 0 aliphatic carbocycles. The maximum Gasteiger partial charge on any atom is 0.161 e. The molecule has 0 radical (unpaired) electrons. The zero-order valence-corrected chi connectivity index (χ0v) is 11.5. The number of nitrogens with two attached hydrogens (primary N) is 1. The quantitative estimate of drug-likeness (QED) is 0.878. The second kappa shape index (κ2) is 4.96. The molecule has 1 aromatic heterocycles. The summed E-state index contributed by atoms with van der Waals surface area (Å²) < 4.78 is 5.36. The highest BCUT2D eigenvalue weighted by Gasteiger charge is 2.17. The lowest BCUT2D eigenvalue weighted by molar-refractivity contribution is 0.109. The van der Waals surface area contributed by atoms with E-state index in [1.807, 2.05) is 0 Å². The van der Waals surface area contributed by atoms with Crippen LogP contribution < -0.4 is 5.73 Å². The van der Waals surface area contributed by atoms with Gasteiger partial charge in [0.25, 0.3) is 0 Å². The van der Waals surface area contributed by atoms with Crippen molar-refractivity contribution in [1.29, 1.82) is 0 Å². The van der Waals surface area contributed by atoms with Crippen LogP contribution in [0.25, 0.3) is 11.4 Å². The Balaban J connectivity index is 2.12. The average molecular weight is 296 g/mol. The van der Waals surface area contributed by atoms with Crippen LogP contribution in [-0.2, 0) is 17.8 Å². The fourth-order valence-corrected chi connectivity index (χ4v) is 2.59. The van der Waals surface area contributed by atoms with Crippen LogP contribution in [0, 0.1) is 0 Å². The number of hydrogen-bond donors (Lipinski definition) is 1. The molecule has 0 spiro atoms. The van der Waals surface area contributed by atoms with Gasteiger partial charge >= 0.3 is 0 Å². The van der Waals surface area contributed by atoms with Crippen molar-refractivity contribution in [3.05, 3.63) is 39.5 Å². The number of halogens is 2. The fourth-order valence-electron chi connectivity index (χ4n) is 2.07. The van der Waals surface area contributed by atoms with Crippen molar-refractivity contribution in [1.82, 2.24) is 9.97 Å². The highest BCUT2D eigenvalue weighted by molar-refractivity contribution is 6.35. The number of hydrogen-bond acceptors (Lipinski definition) is 4. The van der Waals surface area contributed by atoms with E-state index in [4.69, 9.17) is 33.7 Å². The molecule has 0 amide bonds. The smallest absolute Gasteiger partial charge is 0.161 e. The highest BCUT2D eigenvalue weighted by Crippen LogP contribution is 2.28. The second-order valence-electron chi connectivity index (χ2n) is 4.32. The third-order valence-electron chi connectivity index (χ3n) is 2.98. The number of ether oxygens (including phenoxy) is 1. The first-order chi connectivity index (χ1) is 9.13. The van der Waals surface area contributed by atoms with Gasteiger partial charge in [-0.25, -0.2) is 9.97 Å². The van der Waals surface area contributed by atoms with Gasteiger partial charge < -0.3 is 10.5 Å². The van der Waals surface area contributed by atoms with Crippen LogP contribution >= 0.6 is 23.2 Å². The molecule has 4 nitrogen and oxygen atoms in total. The number of benzene rings is 1. The number of rotatable bonds is 1. The monoisotopic (exact) mass is 295 g/mol. The van der Waals surface area contributed by atoms with Crippen LogP contribution in [0.1, 0.15) is 11.3 Å². The Kier molecular flexibility index (Phi) is 3.31. The van der Waals surface area contributed by atoms with E-state index >= 15 is 0 Å². The van der Waals surface area contributed by atoms with E-state index in [0.29, 0.717) is 34.9 Å². The summed E-state index contributed by atoms with van der Waals surface area (Å²) in [5, 5.41) is 1.09. The Hall–Kier alpha value is -1.36. The SMILES string of the molecule is Nc1nc(-c2cc(Cl)cc(Cl)c2)nc2c1COCC2. The van der Waals surface area contributed by atoms with E-state index in [9.17, 15) is 0 Å². The van der Waals surface area contributed by atoms with Gasteiger partial charge in [-0.05, 0) is 18.2 Å². The summed E-state index contributed by atoms with van der Waals surface area (Å²) in [5.41, 5.74) is 8.53. The lowest BCUT2D eigenvalue weighted by Gasteiger charge is -2.17. The van der Waals surface area contributed by atoms with Gasteiger partial charge in [0.05, 0.1) is 18.9 Å². The Morgan fingerprint density at radius 1 is 1.11 bits per heavy atom. The molecule has 2 aromatic rings. The molecule has 19 heavy (non-hydrogen) atoms. The predicted octanol–water partition coefficient (Wildman–Crippen LogP) is 3.11. The van der Waals surface area contributed by atoms with Crippen LogP contribution in [0.3, 0.4) is 0 Å². The largest absolute Gasteiger partial charge is 0.383 e. The molecule has 0 saturated heterocycles. The molecule has 2 heterocycles. The molecular weight excluding hydrogens is 285 g/mol. The summed E-state index contributed by atoms with van der Waals surface area (Å²) in [6.45, 7) is 1.12. The van der Waals surface area contributed by atoms with Gasteiger partial charge in [-0.2, -0.15) is 0 Å². The zero-order valence-electron chi connectivity index (χ0n) is 9.99. The molecule has 0 bridgehead atoms. The van der Waals surface area contributed by atoms with Crippen LogP contribution in [0.5, 0.6) is 0 Å². The summed E-state index contributed by atoms with van der Waals surface area (Å²) in [7, 11) is 0. The molecular formula is C13H11Cl2N3O. The van der Waals surface area contributed by atoms with Crippen molar-refractivity contribution in [3.63, 3.8) is 0 Å². The van der Waals surface area contributed by atoms with Crippen LogP contribution in [0.4, 0.5) is 5.82 Å². The summed E-state index contributed by atoms with van der Waals surface area (Å²) in [5.74, 6) is 0.998. The van der Waals surface area contributed by atoms with Gasteiger partial charge in [-0.15, -0.1) is 0 Å². The third kappa shape index (κ3) is 2.52. The van der Waals surface area contributed by atoms with E-state index in [0.717, 1.165) is 23.2 Å². The molecule has 0 fully saturated rings. The molecule has 2 N–H and O–H groups in total. The minimum absolute atomic E-state index is 0.454. The Morgan fingerprint density at radius 2 is 1.84 bits per heavy atom. The topological polar surface area (TPSA) is 61.0 Å². The molecule has 3 rings (SSSR count). The Morgan fingerprint density at radius 3 is 2.58 bits per heavy atom. The zero-order chi connectivity index (χ0) is 13.4. The third-order valence-corrected chi connectivity index (χ3v) is 3.41. The normalized spacial score (nSPS) is 14.2. The number of fused-ring (bicyclic) bond motifs is 1. The van der Waals surface area contributed by atoms with Crippen LogP contribution in [-0.4, -0.2) is 16.6 Å². The Bertz CT molecular complexity index is 626. The van der Waals surface area contributed by atoms with Crippen molar-refractivity contribution in [2.45, 2.75) is 13.0 Å². The lowest BCUT2D eigenvalue weighted by atomic mass is 10.1. The first kappa shape index (κ1) is 12.7. The first-order valence-electron chi connectivity index (χ1n) is 5.83. The number of aromatic nitrogens is 2. The van der Waals surface area contributed by atoms with Crippen molar-refractivity contribution < 1.29 is 4.74 Å². The van der Waals surface area contributed by atoms with E-state index in [-0.39, 0.29) is 0 Å². The number of nitrogens with zero attached hydrogens (tertiary/aromatic N) is 2. The molecule has 1 aliphatic rings. The van der Waals surface area contributed by atoms with Crippen LogP contribution in [0.15, 0.2) is 18.2 Å². The molecule has 98 valence electrons. The first-order valence-corrected chi connectivity index (χ1v) is 6.58. The molecule has 6 heteroatoms. The van der Waals surface area contributed by atoms with Crippen molar-refractivity contribution >= 4 is 29.0 Å². The summed E-state index contributed by atoms with van der Waals surface area (Å²) in [6, 6.07) is 5.21. The van der Waals surface area contributed by atoms with E-state index in [1.165, 1.54) is 0 Å². The summed E-state index contributed by atoms with van der Waals surface area (Å²) >= 11 is 12.0. The summed E-state index contributed by atoms with van der Waals surface area (Å²) in [4.78, 5) is 8.85. The average Bonchev–Trinajstić information content (AvgIpc) is 2.37. The van der Waals surface area contributed by atoms with Gasteiger partial charge in [0.15, 0.2) is 5.82 Å². The number of nitrogen functional groups attached to an aromatic ring is 1. The van der Waals surface area contributed by atoms with E-state index in [1.54, 1.807) is 18.2 Å². The number of anilines is 1. The molecule has 0 atom stereocenters. The lowest BCUT2D eigenvalue weighted by Crippen LogP contribution is -2.16. The van der Waals surface area contributed by atoms with Gasteiger partial charge in [0.2, 0.25) is 0 Å². The van der Waals surface area contributed by atoms with E-state index < -0.39 is 0 Å². The van der Waals surface area contributed by atoms with Crippen molar-refractivity contribution in [3.8, 4) is 11.4 Å². The van der Waals surface area contributed by atoms with E-state index in [2.05, 4.69) is 9.97 Å². The van der Waals surface area contributed by atoms with Crippen molar-refractivity contribution in [2.24, 2.45) is 0 Å². The maximum atomic E-state index is 5.99. The van der Waals surface area contributed by atoms with Gasteiger partial charge in [0, 0.05) is 27.6 Å². The highest BCUT2D eigenvalue weighted by atomic mass is 35.5. The predicted molar refractivity (Wildman–Crippen MR) is 75.3 cm³/mol. The summed E-state index contributed by atoms with van der Waals surface area (Å²) in [6.07, 6.45) is 0.739. The molecule has 1 aromatic carbocycles. The molecule has 0 saturated carbocycles. The minimum atomic E-state index is 0.454.